The number of rotatable bonds is 6. The number of fused-ring (bicyclic) bond motifs is 1. The topological polar surface area (TPSA) is 82.8 Å². The van der Waals surface area contributed by atoms with Crippen molar-refractivity contribution < 1.29 is 27.8 Å². The molecule has 2 heterocycles. The van der Waals surface area contributed by atoms with Crippen molar-refractivity contribution in [3.8, 4) is 17.2 Å². The van der Waals surface area contributed by atoms with Crippen molar-refractivity contribution >= 4 is 5.91 Å². The molecule has 1 aromatic heterocycles. The summed E-state index contributed by atoms with van der Waals surface area (Å²) < 4.78 is 34.5. The average Bonchev–Trinajstić information content (AvgIpc) is 3.35. The van der Waals surface area contributed by atoms with Crippen LogP contribution in [0.5, 0.6) is 17.2 Å². The van der Waals surface area contributed by atoms with E-state index in [1.807, 2.05) is 0 Å². The predicted molar refractivity (Wildman–Crippen MR) is 95.7 cm³/mol. The molecule has 0 unspecified atom stereocenters. The Hall–Kier alpha value is -3.55. The Morgan fingerprint density at radius 2 is 2.00 bits per heavy atom. The van der Waals surface area contributed by atoms with E-state index in [9.17, 15) is 9.18 Å². The summed E-state index contributed by atoms with van der Waals surface area (Å²) in [6, 6.07) is 10.8. The number of hydrogen-bond acceptors (Lipinski definition) is 6. The maximum absolute atomic E-state index is 13.0. The molecule has 0 bridgehead atoms. The molecular weight excluding hydrogens is 367 g/mol. The molecule has 28 heavy (non-hydrogen) atoms. The molecule has 1 atom stereocenters. The van der Waals surface area contributed by atoms with Crippen molar-refractivity contribution in [1.29, 1.82) is 0 Å². The lowest BCUT2D eigenvalue weighted by Gasteiger charge is -2.13. The molecule has 0 radical (unpaired) electrons. The van der Waals surface area contributed by atoms with Crippen LogP contribution in [0.4, 0.5) is 4.39 Å². The predicted octanol–water partition coefficient (Wildman–Crippen LogP) is 3.61. The number of carbonyl (C=O) groups excluding carboxylic acids is 1. The lowest BCUT2D eigenvalue weighted by molar-refractivity contribution is 0.0934. The van der Waals surface area contributed by atoms with Gasteiger partial charge in [-0.1, -0.05) is 12.1 Å². The summed E-state index contributed by atoms with van der Waals surface area (Å²) in [5.74, 6) is 1.38. The van der Waals surface area contributed by atoms with Crippen LogP contribution in [0.1, 0.15) is 34.9 Å². The van der Waals surface area contributed by atoms with E-state index in [1.54, 1.807) is 37.3 Å². The second-order valence-electron chi connectivity index (χ2n) is 6.18. The van der Waals surface area contributed by atoms with Gasteiger partial charge >= 0.3 is 0 Å². The number of halogens is 1. The second-order valence-corrected chi connectivity index (χ2v) is 6.18. The Kier molecular flexibility index (Phi) is 4.84. The number of oxazole rings is 1. The summed E-state index contributed by atoms with van der Waals surface area (Å²) in [5.41, 5.74) is 0.919. The van der Waals surface area contributed by atoms with Gasteiger partial charge in [-0.3, -0.25) is 4.79 Å². The summed E-state index contributed by atoms with van der Waals surface area (Å²) in [4.78, 5) is 16.5. The number of benzene rings is 2. The molecule has 144 valence electrons. The van der Waals surface area contributed by atoms with Gasteiger partial charge in [-0.25, -0.2) is 9.37 Å². The zero-order valence-electron chi connectivity index (χ0n) is 15.0. The maximum Gasteiger partial charge on any atom is 0.273 e. The normalized spacial score (nSPS) is 13.2. The molecular formula is C20H17FN2O5. The highest BCUT2D eigenvalue weighted by molar-refractivity contribution is 5.92. The van der Waals surface area contributed by atoms with Gasteiger partial charge in [0.05, 0.1) is 6.04 Å². The summed E-state index contributed by atoms with van der Waals surface area (Å²) >= 11 is 0. The van der Waals surface area contributed by atoms with Gasteiger partial charge in [0.2, 0.25) is 12.7 Å². The Morgan fingerprint density at radius 3 is 2.82 bits per heavy atom. The van der Waals surface area contributed by atoms with E-state index in [-0.39, 0.29) is 36.8 Å². The van der Waals surface area contributed by atoms with Gasteiger partial charge in [0.1, 0.15) is 17.8 Å². The Morgan fingerprint density at radius 1 is 1.21 bits per heavy atom. The molecule has 0 spiro atoms. The lowest BCUT2D eigenvalue weighted by Crippen LogP contribution is -2.27. The Balaban J connectivity index is 1.34. The quantitative estimate of drug-likeness (QED) is 0.699. The fourth-order valence-electron chi connectivity index (χ4n) is 2.70. The molecule has 0 saturated carbocycles. The van der Waals surface area contributed by atoms with E-state index in [4.69, 9.17) is 18.6 Å². The number of nitrogens with one attached hydrogen (secondary N) is 1. The van der Waals surface area contributed by atoms with E-state index >= 15 is 0 Å². The van der Waals surface area contributed by atoms with Gasteiger partial charge in [-0.05, 0) is 36.8 Å². The van der Waals surface area contributed by atoms with Crippen molar-refractivity contribution in [2.24, 2.45) is 0 Å². The van der Waals surface area contributed by atoms with Crippen molar-refractivity contribution in [3.63, 3.8) is 0 Å². The van der Waals surface area contributed by atoms with Gasteiger partial charge < -0.3 is 23.9 Å². The monoisotopic (exact) mass is 384 g/mol. The van der Waals surface area contributed by atoms with E-state index < -0.39 is 5.91 Å². The first-order chi connectivity index (χ1) is 13.6. The van der Waals surface area contributed by atoms with E-state index in [2.05, 4.69) is 10.3 Å². The molecule has 0 saturated heterocycles. The van der Waals surface area contributed by atoms with Crippen molar-refractivity contribution in [3.05, 3.63) is 71.7 Å². The fourth-order valence-corrected chi connectivity index (χ4v) is 2.70. The zero-order chi connectivity index (χ0) is 19.5. The van der Waals surface area contributed by atoms with Crippen LogP contribution in [0.3, 0.4) is 0 Å². The highest BCUT2D eigenvalue weighted by Gasteiger charge is 2.17. The van der Waals surface area contributed by atoms with Crippen LogP contribution in [0, 0.1) is 5.82 Å². The van der Waals surface area contributed by atoms with Crippen LogP contribution in [0.25, 0.3) is 0 Å². The minimum absolute atomic E-state index is 0.0560. The van der Waals surface area contributed by atoms with Crippen molar-refractivity contribution in [2.45, 2.75) is 19.6 Å². The smallest absolute Gasteiger partial charge is 0.273 e. The lowest BCUT2D eigenvalue weighted by atomic mass is 10.1. The van der Waals surface area contributed by atoms with E-state index in [0.29, 0.717) is 17.2 Å². The van der Waals surface area contributed by atoms with Gasteiger partial charge in [0, 0.05) is 6.07 Å². The van der Waals surface area contributed by atoms with Gasteiger partial charge in [0.15, 0.2) is 23.8 Å². The van der Waals surface area contributed by atoms with E-state index in [1.165, 1.54) is 18.4 Å². The fraction of sp³-hybridized carbons (Fsp3) is 0.200. The third kappa shape index (κ3) is 3.90. The van der Waals surface area contributed by atoms with Crippen molar-refractivity contribution in [2.75, 3.05) is 6.79 Å². The maximum atomic E-state index is 13.0. The molecule has 1 aliphatic rings. The molecule has 3 aromatic rings. The molecule has 0 aliphatic carbocycles. The molecule has 0 fully saturated rings. The van der Waals surface area contributed by atoms with Crippen LogP contribution in [-0.2, 0) is 6.61 Å². The van der Waals surface area contributed by atoms with Crippen LogP contribution < -0.4 is 19.5 Å². The number of hydrogen-bond donors (Lipinski definition) is 1. The minimum atomic E-state index is -0.394. The molecule has 7 nitrogen and oxygen atoms in total. The standard InChI is InChI=1S/C20H17FN2O5/c1-12(13-2-4-14(21)5-3-13)22-20(24)16-9-26-19(23-16)10-25-15-6-7-17-18(8-15)28-11-27-17/h2-9,12H,10-11H2,1H3,(H,22,24)/t12-/m1/s1. The SMILES string of the molecule is C[C@@H](NC(=O)c1coc(COc2ccc3c(c2)OCO3)n1)c1ccc(F)cc1. The first-order valence-electron chi connectivity index (χ1n) is 8.61. The van der Waals surface area contributed by atoms with Crippen LogP contribution in [0.2, 0.25) is 0 Å². The van der Waals surface area contributed by atoms with Gasteiger partial charge in [0.25, 0.3) is 5.91 Å². The first-order valence-corrected chi connectivity index (χ1v) is 8.61. The van der Waals surface area contributed by atoms with Gasteiger partial charge in [-0.2, -0.15) is 0 Å². The number of aromatic nitrogens is 1. The first kappa shape index (κ1) is 17.8. The Bertz CT molecular complexity index is 987. The number of nitrogens with zero attached hydrogens (tertiary/aromatic N) is 1. The molecule has 1 amide bonds. The largest absolute Gasteiger partial charge is 0.484 e. The van der Waals surface area contributed by atoms with Crippen molar-refractivity contribution in [1.82, 2.24) is 10.3 Å². The number of amides is 1. The number of ether oxygens (including phenoxy) is 3. The summed E-state index contributed by atoms with van der Waals surface area (Å²) in [7, 11) is 0. The highest BCUT2D eigenvalue weighted by atomic mass is 19.1. The Labute approximate surface area is 160 Å². The summed E-state index contributed by atoms with van der Waals surface area (Å²) in [5, 5.41) is 2.79. The van der Waals surface area contributed by atoms with E-state index in [0.717, 1.165) is 5.56 Å². The number of carbonyl (C=O) groups is 1. The molecule has 1 N–H and O–H groups in total. The average molecular weight is 384 g/mol. The van der Waals surface area contributed by atoms with Crippen LogP contribution in [0.15, 0.2) is 53.1 Å². The molecule has 2 aromatic carbocycles. The molecule has 1 aliphatic heterocycles. The van der Waals surface area contributed by atoms with Crippen LogP contribution >= 0.6 is 0 Å². The van der Waals surface area contributed by atoms with Gasteiger partial charge in [-0.15, -0.1) is 0 Å². The highest BCUT2D eigenvalue weighted by Crippen LogP contribution is 2.35. The summed E-state index contributed by atoms with van der Waals surface area (Å²) in [6.45, 7) is 2.04. The molecule has 8 heteroatoms. The summed E-state index contributed by atoms with van der Waals surface area (Å²) in [6.07, 6.45) is 1.27. The van der Waals surface area contributed by atoms with Crippen LogP contribution in [-0.4, -0.2) is 17.7 Å². The third-order valence-corrected chi connectivity index (χ3v) is 4.21. The molecule has 4 rings (SSSR count). The third-order valence-electron chi connectivity index (χ3n) is 4.21. The minimum Gasteiger partial charge on any atom is -0.484 e. The zero-order valence-corrected chi connectivity index (χ0v) is 15.0. The second kappa shape index (κ2) is 7.59.